The Hall–Kier alpha value is -1.46. The summed E-state index contributed by atoms with van der Waals surface area (Å²) < 4.78 is 0. The maximum absolute atomic E-state index is 12.0. The van der Waals surface area contributed by atoms with Crippen molar-refractivity contribution >= 4 is 5.91 Å². The zero-order valence-electron chi connectivity index (χ0n) is 10.3. The van der Waals surface area contributed by atoms with Gasteiger partial charge in [0.15, 0.2) is 0 Å². The van der Waals surface area contributed by atoms with Crippen LogP contribution in [0.25, 0.3) is 0 Å². The van der Waals surface area contributed by atoms with E-state index in [4.69, 9.17) is 5.73 Å². The minimum absolute atomic E-state index is 0.0808. The van der Waals surface area contributed by atoms with E-state index in [0.29, 0.717) is 30.8 Å². The van der Waals surface area contributed by atoms with Crippen LogP contribution >= 0.6 is 0 Å². The summed E-state index contributed by atoms with van der Waals surface area (Å²) in [4.78, 5) is 17.6. The normalized spacial score (nSPS) is 12.2. The third kappa shape index (κ3) is 4.13. The number of amides is 1. The molecule has 1 amide bonds. The van der Waals surface area contributed by atoms with Crippen molar-refractivity contribution in [2.75, 3.05) is 13.6 Å². The number of carbonyl (C=O) groups excluding carboxylic acids is 1. The van der Waals surface area contributed by atoms with Crippen molar-refractivity contribution < 1.29 is 9.90 Å². The molecule has 0 aliphatic rings. The van der Waals surface area contributed by atoms with Gasteiger partial charge in [-0.05, 0) is 25.5 Å². The lowest BCUT2D eigenvalue weighted by atomic mass is 10.2. The molecule has 1 atom stereocenters. The van der Waals surface area contributed by atoms with Crippen LogP contribution in [0.5, 0.6) is 0 Å². The van der Waals surface area contributed by atoms with Crippen molar-refractivity contribution in [2.45, 2.75) is 26.0 Å². The lowest BCUT2D eigenvalue weighted by molar-refractivity contribution is 0.0768. The number of pyridine rings is 1. The maximum atomic E-state index is 12.0. The second-order valence-corrected chi connectivity index (χ2v) is 4.10. The third-order valence-corrected chi connectivity index (χ3v) is 2.50. The van der Waals surface area contributed by atoms with Crippen molar-refractivity contribution in [3.8, 4) is 0 Å². The molecule has 1 heterocycles. The molecule has 0 aliphatic carbocycles. The zero-order valence-corrected chi connectivity index (χ0v) is 10.3. The Morgan fingerprint density at radius 1 is 1.65 bits per heavy atom. The van der Waals surface area contributed by atoms with Gasteiger partial charge >= 0.3 is 0 Å². The standard InChI is InChI=1S/C12H19N3O2/c1-9(16)4-6-15(2)12(17)10-3-5-14-11(7-10)8-13/h3,5,7,9,16H,4,6,8,13H2,1-2H3. The molecule has 0 saturated heterocycles. The Bertz CT molecular complexity index is 380. The fourth-order valence-electron chi connectivity index (χ4n) is 1.43. The first-order valence-electron chi connectivity index (χ1n) is 5.63. The van der Waals surface area contributed by atoms with Crippen molar-refractivity contribution in [3.05, 3.63) is 29.6 Å². The van der Waals surface area contributed by atoms with Gasteiger partial charge in [0.2, 0.25) is 0 Å². The Kier molecular flexibility index (Phi) is 5.06. The SMILES string of the molecule is CC(O)CCN(C)C(=O)c1ccnc(CN)c1. The fraction of sp³-hybridized carbons (Fsp3) is 0.500. The van der Waals surface area contributed by atoms with E-state index in [1.54, 1.807) is 37.2 Å². The van der Waals surface area contributed by atoms with Crippen LogP contribution < -0.4 is 5.73 Å². The lowest BCUT2D eigenvalue weighted by Gasteiger charge is -2.18. The van der Waals surface area contributed by atoms with Gasteiger partial charge in [-0.25, -0.2) is 0 Å². The molecule has 1 aromatic rings. The number of carbonyl (C=O) groups is 1. The summed E-state index contributed by atoms with van der Waals surface area (Å²) in [5.74, 6) is -0.0808. The van der Waals surface area contributed by atoms with Gasteiger partial charge < -0.3 is 15.7 Å². The highest BCUT2D eigenvalue weighted by molar-refractivity contribution is 5.94. The van der Waals surface area contributed by atoms with Gasteiger partial charge in [0, 0.05) is 31.9 Å². The number of nitrogens with zero attached hydrogens (tertiary/aromatic N) is 2. The topological polar surface area (TPSA) is 79.5 Å². The van der Waals surface area contributed by atoms with Crippen molar-refractivity contribution in [2.24, 2.45) is 5.73 Å². The molecule has 0 aliphatic heterocycles. The van der Waals surface area contributed by atoms with Crippen LogP contribution in [0.3, 0.4) is 0 Å². The highest BCUT2D eigenvalue weighted by Gasteiger charge is 2.12. The molecule has 94 valence electrons. The van der Waals surface area contributed by atoms with Crippen LogP contribution in [-0.4, -0.2) is 40.6 Å². The van der Waals surface area contributed by atoms with Crippen molar-refractivity contribution in [1.29, 1.82) is 0 Å². The molecular formula is C12H19N3O2. The molecule has 0 bridgehead atoms. The van der Waals surface area contributed by atoms with Gasteiger partial charge in [-0.3, -0.25) is 9.78 Å². The minimum Gasteiger partial charge on any atom is -0.393 e. The van der Waals surface area contributed by atoms with Gasteiger partial charge in [0.1, 0.15) is 0 Å². The van der Waals surface area contributed by atoms with E-state index in [-0.39, 0.29) is 5.91 Å². The van der Waals surface area contributed by atoms with E-state index in [1.165, 1.54) is 0 Å². The number of aromatic nitrogens is 1. The van der Waals surface area contributed by atoms with Gasteiger partial charge in [-0.2, -0.15) is 0 Å². The molecule has 0 radical (unpaired) electrons. The average molecular weight is 237 g/mol. The van der Waals surface area contributed by atoms with Crippen LogP contribution in [0.1, 0.15) is 29.4 Å². The Balaban J connectivity index is 2.67. The average Bonchev–Trinajstić information content (AvgIpc) is 2.35. The number of hydrogen-bond donors (Lipinski definition) is 2. The van der Waals surface area contributed by atoms with Crippen molar-refractivity contribution in [3.63, 3.8) is 0 Å². The van der Waals surface area contributed by atoms with E-state index in [0.717, 1.165) is 0 Å². The summed E-state index contributed by atoms with van der Waals surface area (Å²) in [7, 11) is 1.72. The number of rotatable bonds is 5. The maximum Gasteiger partial charge on any atom is 0.253 e. The van der Waals surface area contributed by atoms with Crippen LogP contribution in [-0.2, 0) is 6.54 Å². The molecular weight excluding hydrogens is 218 g/mol. The number of aliphatic hydroxyl groups excluding tert-OH is 1. The number of hydrogen-bond acceptors (Lipinski definition) is 4. The molecule has 5 nitrogen and oxygen atoms in total. The lowest BCUT2D eigenvalue weighted by Crippen LogP contribution is -2.29. The van der Waals surface area contributed by atoms with Gasteiger partial charge in [-0.1, -0.05) is 0 Å². The number of aliphatic hydroxyl groups is 1. The second kappa shape index (κ2) is 6.32. The van der Waals surface area contributed by atoms with Gasteiger partial charge in [0.05, 0.1) is 11.8 Å². The second-order valence-electron chi connectivity index (χ2n) is 4.10. The molecule has 1 unspecified atom stereocenters. The molecule has 3 N–H and O–H groups in total. The summed E-state index contributed by atoms with van der Waals surface area (Å²) in [5.41, 5.74) is 6.74. The van der Waals surface area contributed by atoms with Gasteiger partial charge in [0.25, 0.3) is 5.91 Å². The first-order valence-corrected chi connectivity index (χ1v) is 5.63. The summed E-state index contributed by atoms with van der Waals surface area (Å²) >= 11 is 0. The molecule has 0 saturated carbocycles. The highest BCUT2D eigenvalue weighted by atomic mass is 16.3. The summed E-state index contributed by atoms with van der Waals surface area (Å²) in [6, 6.07) is 3.36. The van der Waals surface area contributed by atoms with Crippen LogP contribution in [0.15, 0.2) is 18.3 Å². The van der Waals surface area contributed by atoms with Crippen molar-refractivity contribution in [1.82, 2.24) is 9.88 Å². The molecule has 0 spiro atoms. The van der Waals surface area contributed by atoms with E-state index < -0.39 is 6.10 Å². The summed E-state index contributed by atoms with van der Waals surface area (Å²) in [5, 5.41) is 9.17. The largest absolute Gasteiger partial charge is 0.393 e. The minimum atomic E-state index is -0.401. The molecule has 5 heteroatoms. The number of nitrogens with two attached hydrogens (primary N) is 1. The molecule has 1 rings (SSSR count). The quantitative estimate of drug-likeness (QED) is 0.776. The predicted octanol–water partition coefficient (Wildman–Crippen LogP) is 0.383. The zero-order chi connectivity index (χ0) is 12.8. The van der Waals surface area contributed by atoms with Gasteiger partial charge in [-0.15, -0.1) is 0 Å². The predicted molar refractivity (Wildman–Crippen MR) is 65.4 cm³/mol. The Morgan fingerprint density at radius 3 is 2.94 bits per heavy atom. The van der Waals surface area contributed by atoms with Crippen LogP contribution in [0.4, 0.5) is 0 Å². The van der Waals surface area contributed by atoms with E-state index in [1.807, 2.05) is 0 Å². The summed E-state index contributed by atoms with van der Waals surface area (Å²) in [6.07, 6.45) is 1.75. The first kappa shape index (κ1) is 13.6. The molecule has 0 aromatic carbocycles. The molecule has 0 fully saturated rings. The third-order valence-electron chi connectivity index (χ3n) is 2.50. The first-order chi connectivity index (χ1) is 8.04. The van der Waals surface area contributed by atoms with E-state index in [9.17, 15) is 9.90 Å². The summed E-state index contributed by atoms with van der Waals surface area (Å²) in [6.45, 7) is 2.55. The fourth-order valence-corrected chi connectivity index (χ4v) is 1.43. The highest BCUT2D eigenvalue weighted by Crippen LogP contribution is 2.06. The Morgan fingerprint density at radius 2 is 2.35 bits per heavy atom. The van der Waals surface area contributed by atoms with E-state index >= 15 is 0 Å². The smallest absolute Gasteiger partial charge is 0.253 e. The molecule has 1 aromatic heterocycles. The molecule has 17 heavy (non-hydrogen) atoms. The van der Waals surface area contributed by atoms with E-state index in [2.05, 4.69) is 4.98 Å². The van der Waals surface area contributed by atoms with Crippen LogP contribution in [0.2, 0.25) is 0 Å². The van der Waals surface area contributed by atoms with Crippen LogP contribution in [0, 0.1) is 0 Å². The monoisotopic (exact) mass is 237 g/mol. The Labute approximate surface area is 101 Å².